The van der Waals surface area contributed by atoms with Gasteiger partial charge in [0.1, 0.15) is 5.75 Å². The first-order valence-corrected chi connectivity index (χ1v) is 11.5. The van der Waals surface area contributed by atoms with Crippen LogP contribution in [0.2, 0.25) is 0 Å². The number of likely N-dealkylation sites (tertiary alicyclic amines) is 1. The molecule has 4 rings (SSSR count). The van der Waals surface area contributed by atoms with Gasteiger partial charge in [-0.25, -0.2) is 8.42 Å². The van der Waals surface area contributed by atoms with Gasteiger partial charge in [0.25, 0.3) is 5.91 Å². The maximum Gasteiger partial charge on any atom is 0.257 e. The Balaban J connectivity index is 1.49. The molecule has 3 heterocycles. The minimum absolute atomic E-state index is 0.0108. The number of morpholine rings is 1. The van der Waals surface area contributed by atoms with Gasteiger partial charge in [0.2, 0.25) is 10.0 Å². The van der Waals surface area contributed by atoms with E-state index in [0.29, 0.717) is 32.2 Å². The fourth-order valence-corrected chi connectivity index (χ4v) is 5.42. The number of aromatic nitrogens is 1. The van der Waals surface area contributed by atoms with Crippen LogP contribution in [0.25, 0.3) is 0 Å². The largest absolute Gasteiger partial charge is 0.507 e. The molecule has 9 heteroatoms. The van der Waals surface area contributed by atoms with E-state index in [1.807, 2.05) is 18.3 Å². The molecular weight excluding hydrogens is 406 g/mol. The van der Waals surface area contributed by atoms with Gasteiger partial charge >= 0.3 is 0 Å². The summed E-state index contributed by atoms with van der Waals surface area (Å²) in [5.41, 5.74) is 1.14. The summed E-state index contributed by atoms with van der Waals surface area (Å²) < 4.78 is 32.4. The summed E-state index contributed by atoms with van der Waals surface area (Å²) in [6, 6.07) is 7.82. The number of hydrogen-bond donors (Lipinski definition) is 1. The van der Waals surface area contributed by atoms with E-state index in [9.17, 15) is 18.3 Å². The Kier molecular flexibility index (Phi) is 6.03. The molecule has 0 aliphatic carbocycles. The zero-order chi connectivity index (χ0) is 21.1. The predicted molar refractivity (Wildman–Crippen MR) is 110 cm³/mol. The molecule has 1 atom stereocenters. The molecule has 2 aromatic rings. The zero-order valence-electron chi connectivity index (χ0n) is 16.6. The molecule has 1 amide bonds. The fourth-order valence-electron chi connectivity index (χ4n) is 3.99. The van der Waals surface area contributed by atoms with Crippen LogP contribution in [-0.4, -0.2) is 73.0 Å². The van der Waals surface area contributed by atoms with E-state index in [-0.39, 0.29) is 35.2 Å². The Labute approximate surface area is 176 Å². The molecule has 0 radical (unpaired) electrons. The molecular formula is C21H25N3O5S. The van der Waals surface area contributed by atoms with E-state index in [4.69, 9.17) is 4.74 Å². The van der Waals surface area contributed by atoms with Gasteiger partial charge in [-0.15, -0.1) is 0 Å². The summed E-state index contributed by atoms with van der Waals surface area (Å²) in [7, 11) is -3.75. The van der Waals surface area contributed by atoms with E-state index in [1.54, 1.807) is 11.1 Å². The first-order valence-electron chi connectivity index (χ1n) is 10.0. The number of nitrogens with zero attached hydrogens (tertiary/aromatic N) is 3. The highest BCUT2D eigenvalue weighted by molar-refractivity contribution is 7.89. The number of hydrogen-bond acceptors (Lipinski definition) is 6. The minimum Gasteiger partial charge on any atom is -0.507 e. The van der Waals surface area contributed by atoms with Crippen LogP contribution >= 0.6 is 0 Å². The average Bonchev–Trinajstić information content (AvgIpc) is 3.23. The first kappa shape index (κ1) is 20.8. The second-order valence-corrected chi connectivity index (χ2v) is 9.60. The Bertz CT molecular complexity index is 1010. The molecule has 0 bridgehead atoms. The van der Waals surface area contributed by atoms with Crippen molar-refractivity contribution in [1.82, 2.24) is 14.2 Å². The molecule has 160 valence electrons. The maximum atomic E-state index is 13.0. The van der Waals surface area contributed by atoms with Gasteiger partial charge in [0, 0.05) is 38.6 Å². The van der Waals surface area contributed by atoms with E-state index >= 15 is 0 Å². The number of benzene rings is 1. The number of carbonyl (C=O) groups is 1. The van der Waals surface area contributed by atoms with Gasteiger partial charge in [0.05, 0.1) is 23.7 Å². The smallest absolute Gasteiger partial charge is 0.257 e. The third-order valence-corrected chi connectivity index (χ3v) is 7.52. The molecule has 1 aromatic heterocycles. The van der Waals surface area contributed by atoms with Crippen LogP contribution in [0.5, 0.6) is 5.75 Å². The van der Waals surface area contributed by atoms with Crippen molar-refractivity contribution in [2.24, 2.45) is 5.92 Å². The molecule has 2 saturated heterocycles. The van der Waals surface area contributed by atoms with E-state index in [2.05, 4.69) is 4.98 Å². The average molecular weight is 432 g/mol. The molecule has 2 fully saturated rings. The summed E-state index contributed by atoms with van der Waals surface area (Å²) in [5, 5.41) is 10.3. The number of ether oxygens (including phenoxy) is 1. The first-order chi connectivity index (χ1) is 14.4. The summed E-state index contributed by atoms with van der Waals surface area (Å²) in [6.07, 6.45) is 5.24. The third kappa shape index (κ3) is 4.33. The highest BCUT2D eigenvalue weighted by atomic mass is 32.2. The zero-order valence-corrected chi connectivity index (χ0v) is 17.4. The van der Waals surface area contributed by atoms with Gasteiger partial charge in [0.15, 0.2) is 0 Å². The van der Waals surface area contributed by atoms with Gasteiger partial charge < -0.3 is 14.7 Å². The molecule has 8 nitrogen and oxygen atoms in total. The van der Waals surface area contributed by atoms with Crippen LogP contribution in [0, 0.1) is 5.92 Å². The van der Waals surface area contributed by atoms with Gasteiger partial charge in [-0.1, -0.05) is 6.07 Å². The Morgan fingerprint density at radius 1 is 1.20 bits per heavy atom. The number of sulfonamides is 1. The van der Waals surface area contributed by atoms with Crippen molar-refractivity contribution in [3.8, 4) is 5.75 Å². The van der Waals surface area contributed by atoms with Crippen LogP contribution in [-0.2, 0) is 21.2 Å². The number of phenolic OH excluding ortho intramolecular Hbond substituents is 1. The number of aromatic hydroxyl groups is 1. The molecule has 2 aliphatic heterocycles. The van der Waals surface area contributed by atoms with Crippen LogP contribution in [0.15, 0.2) is 47.6 Å². The number of pyridine rings is 1. The normalized spacial score (nSPS) is 20.4. The quantitative estimate of drug-likeness (QED) is 0.770. The van der Waals surface area contributed by atoms with Gasteiger partial charge in [-0.2, -0.15) is 4.31 Å². The van der Waals surface area contributed by atoms with Crippen LogP contribution in [0.4, 0.5) is 0 Å². The minimum atomic E-state index is -3.75. The molecule has 30 heavy (non-hydrogen) atoms. The third-order valence-electron chi connectivity index (χ3n) is 5.63. The summed E-state index contributed by atoms with van der Waals surface area (Å²) in [6.45, 7) is 2.37. The lowest BCUT2D eigenvalue weighted by Gasteiger charge is -2.26. The highest BCUT2D eigenvalue weighted by Crippen LogP contribution is 2.28. The second-order valence-electron chi connectivity index (χ2n) is 7.67. The van der Waals surface area contributed by atoms with Crippen molar-refractivity contribution in [3.05, 3.63) is 53.9 Å². The van der Waals surface area contributed by atoms with Crippen LogP contribution < -0.4 is 0 Å². The van der Waals surface area contributed by atoms with E-state index < -0.39 is 10.0 Å². The topological polar surface area (TPSA) is 100 Å². The maximum absolute atomic E-state index is 13.0. The highest BCUT2D eigenvalue weighted by Gasteiger charge is 2.31. The molecule has 1 unspecified atom stereocenters. The van der Waals surface area contributed by atoms with Crippen molar-refractivity contribution < 1.29 is 23.1 Å². The van der Waals surface area contributed by atoms with Gasteiger partial charge in [-0.05, 0) is 48.6 Å². The Morgan fingerprint density at radius 2 is 2.00 bits per heavy atom. The second kappa shape index (κ2) is 8.71. The van der Waals surface area contributed by atoms with Crippen molar-refractivity contribution >= 4 is 15.9 Å². The Morgan fingerprint density at radius 3 is 2.73 bits per heavy atom. The summed E-state index contributed by atoms with van der Waals surface area (Å²) in [5.74, 6) is -0.252. The monoisotopic (exact) mass is 431 g/mol. The lowest BCUT2D eigenvalue weighted by molar-refractivity contribution is 0.0730. The lowest BCUT2D eigenvalue weighted by Crippen LogP contribution is -2.40. The van der Waals surface area contributed by atoms with Crippen LogP contribution in [0.1, 0.15) is 22.3 Å². The number of carbonyl (C=O) groups excluding carboxylic acids is 1. The fraction of sp³-hybridized carbons (Fsp3) is 0.429. The molecule has 1 aromatic carbocycles. The summed E-state index contributed by atoms with van der Waals surface area (Å²) >= 11 is 0. The van der Waals surface area contributed by atoms with E-state index in [0.717, 1.165) is 18.4 Å². The van der Waals surface area contributed by atoms with Crippen molar-refractivity contribution in [2.45, 2.75) is 17.7 Å². The van der Waals surface area contributed by atoms with Crippen molar-refractivity contribution in [2.75, 3.05) is 39.4 Å². The van der Waals surface area contributed by atoms with E-state index in [1.165, 1.54) is 22.5 Å². The number of amides is 1. The molecule has 2 aliphatic rings. The Hall–Kier alpha value is -2.49. The van der Waals surface area contributed by atoms with Gasteiger partial charge in [-0.3, -0.25) is 9.78 Å². The SMILES string of the molecule is O=C(c1cc(S(=O)(=O)N2CCOCC2)ccc1O)N1CCC(Cc2cccnc2)C1. The molecule has 0 saturated carbocycles. The van der Waals surface area contributed by atoms with Crippen molar-refractivity contribution in [1.29, 1.82) is 0 Å². The lowest BCUT2D eigenvalue weighted by atomic mass is 10.00. The molecule has 0 spiro atoms. The molecule has 1 N–H and O–H groups in total. The number of phenols is 1. The predicted octanol–water partition coefficient (Wildman–Crippen LogP) is 1.51. The summed E-state index contributed by atoms with van der Waals surface area (Å²) in [4.78, 5) is 18.9. The number of rotatable bonds is 5. The van der Waals surface area contributed by atoms with Crippen LogP contribution in [0.3, 0.4) is 0 Å². The van der Waals surface area contributed by atoms with Crippen molar-refractivity contribution in [3.63, 3.8) is 0 Å². The standard InChI is InChI=1S/C21H25N3O5S/c25-20-4-3-18(30(27,28)24-8-10-29-11-9-24)13-19(20)21(26)23-7-5-17(15-23)12-16-2-1-6-22-14-16/h1-4,6,13-14,17,25H,5,7-12,15H2.